The Hall–Kier alpha value is -0.710. The summed E-state index contributed by atoms with van der Waals surface area (Å²) >= 11 is 12.8. The molecule has 0 aliphatic heterocycles. The highest BCUT2D eigenvalue weighted by molar-refractivity contribution is 9.10. The van der Waals surface area contributed by atoms with Crippen LogP contribution in [0.1, 0.15) is 5.56 Å². The van der Waals surface area contributed by atoms with Crippen LogP contribution in [-0.2, 0) is 5.88 Å². The first-order valence-corrected chi connectivity index (χ1v) is 7.62. The van der Waals surface area contributed by atoms with E-state index in [9.17, 15) is 0 Å². The molecule has 2 aromatic carbocycles. The van der Waals surface area contributed by atoms with E-state index in [1.54, 1.807) is 7.11 Å². The van der Waals surface area contributed by atoms with Gasteiger partial charge in [0.2, 0.25) is 0 Å². The largest absolute Gasteiger partial charge is 0.497 e. The molecular weight excluding hydrogens is 395 g/mol. The maximum atomic E-state index is 5.91. The van der Waals surface area contributed by atoms with Crippen LogP contribution in [0.5, 0.6) is 17.2 Å². The van der Waals surface area contributed by atoms with Crippen LogP contribution < -0.4 is 9.47 Å². The summed E-state index contributed by atoms with van der Waals surface area (Å²) < 4.78 is 12.8. The zero-order valence-corrected chi connectivity index (χ0v) is 14.0. The van der Waals surface area contributed by atoms with E-state index in [1.807, 2.05) is 36.4 Å². The van der Waals surface area contributed by atoms with Gasteiger partial charge in [0.05, 0.1) is 17.5 Å². The lowest BCUT2D eigenvalue weighted by Gasteiger charge is -2.12. The van der Waals surface area contributed by atoms with Crippen LogP contribution >= 0.6 is 43.5 Å². The van der Waals surface area contributed by atoms with Crippen LogP contribution in [-0.4, -0.2) is 7.11 Å². The van der Waals surface area contributed by atoms with Crippen molar-refractivity contribution in [3.63, 3.8) is 0 Å². The molecule has 0 spiro atoms. The van der Waals surface area contributed by atoms with Crippen molar-refractivity contribution in [3.05, 3.63) is 50.9 Å². The Morgan fingerprint density at radius 2 is 1.84 bits per heavy atom. The first-order valence-electron chi connectivity index (χ1n) is 5.50. The van der Waals surface area contributed by atoms with E-state index in [1.165, 1.54) is 0 Å². The van der Waals surface area contributed by atoms with Crippen LogP contribution in [0.3, 0.4) is 0 Å². The maximum Gasteiger partial charge on any atom is 0.141 e. The maximum absolute atomic E-state index is 5.91. The van der Waals surface area contributed by atoms with Gasteiger partial charge >= 0.3 is 0 Å². The fourth-order valence-electron chi connectivity index (χ4n) is 1.54. The van der Waals surface area contributed by atoms with E-state index in [0.717, 1.165) is 26.0 Å². The summed E-state index contributed by atoms with van der Waals surface area (Å²) in [5.41, 5.74) is 0.938. The first kappa shape index (κ1) is 14.7. The highest BCUT2D eigenvalue weighted by atomic mass is 79.9. The van der Waals surface area contributed by atoms with E-state index in [2.05, 4.69) is 31.9 Å². The fourth-order valence-corrected chi connectivity index (χ4v) is 2.54. The summed E-state index contributed by atoms with van der Waals surface area (Å²) in [4.78, 5) is 0. The minimum Gasteiger partial charge on any atom is -0.497 e. The second-order valence-electron chi connectivity index (χ2n) is 3.78. The van der Waals surface area contributed by atoms with Crippen molar-refractivity contribution >= 4 is 43.5 Å². The second-order valence-corrected chi connectivity index (χ2v) is 5.82. The summed E-state index contributed by atoms with van der Waals surface area (Å²) in [5.74, 6) is 2.61. The Kier molecular flexibility index (Phi) is 5.13. The quantitative estimate of drug-likeness (QED) is 0.602. The molecule has 2 nitrogen and oxygen atoms in total. The highest BCUT2D eigenvalue weighted by Crippen LogP contribution is 2.35. The van der Waals surface area contributed by atoms with Crippen molar-refractivity contribution in [3.8, 4) is 17.2 Å². The normalized spacial score (nSPS) is 10.3. The Balaban J connectivity index is 2.33. The SMILES string of the molecule is COc1ccc(Oc2cc(Br)ccc2CCl)c(Br)c1. The third-order valence-electron chi connectivity index (χ3n) is 2.53. The van der Waals surface area contributed by atoms with E-state index in [-0.39, 0.29) is 0 Å². The van der Waals surface area contributed by atoms with E-state index in [4.69, 9.17) is 21.1 Å². The minimum atomic E-state index is 0.399. The first-order chi connectivity index (χ1) is 9.13. The zero-order valence-electron chi connectivity index (χ0n) is 10.1. The average Bonchev–Trinajstić information content (AvgIpc) is 2.41. The lowest BCUT2D eigenvalue weighted by atomic mass is 10.2. The van der Waals surface area contributed by atoms with Crippen molar-refractivity contribution in [2.24, 2.45) is 0 Å². The van der Waals surface area contributed by atoms with Crippen molar-refractivity contribution in [1.29, 1.82) is 0 Å². The minimum absolute atomic E-state index is 0.399. The van der Waals surface area contributed by atoms with Gasteiger partial charge in [0, 0.05) is 10.0 Å². The van der Waals surface area contributed by atoms with Crippen LogP contribution in [0.25, 0.3) is 0 Å². The fraction of sp³-hybridized carbons (Fsp3) is 0.143. The van der Waals surface area contributed by atoms with Gasteiger partial charge in [-0.2, -0.15) is 0 Å². The average molecular weight is 407 g/mol. The Labute approximate surface area is 133 Å². The monoisotopic (exact) mass is 404 g/mol. The highest BCUT2D eigenvalue weighted by Gasteiger charge is 2.08. The van der Waals surface area contributed by atoms with Crippen LogP contribution in [0.15, 0.2) is 45.3 Å². The van der Waals surface area contributed by atoms with Crippen molar-refractivity contribution in [2.75, 3.05) is 7.11 Å². The molecular formula is C14H11Br2ClO2. The number of hydrogen-bond acceptors (Lipinski definition) is 2. The Bertz CT molecular complexity index is 588. The van der Waals surface area contributed by atoms with Gasteiger partial charge in [-0.3, -0.25) is 0 Å². The van der Waals surface area contributed by atoms with Crippen molar-refractivity contribution < 1.29 is 9.47 Å². The van der Waals surface area contributed by atoms with Gasteiger partial charge in [-0.15, -0.1) is 11.6 Å². The van der Waals surface area contributed by atoms with Gasteiger partial charge < -0.3 is 9.47 Å². The van der Waals surface area contributed by atoms with E-state index in [0.29, 0.717) is 11.6 Å². The molecule has 0 aliphatic carbocycles. The number of benzene rings is 2. The molecule has 100 valence electrons. The molecule has 0 unspecified atom stereocenters. The Morgan fingerprint density at radius 1 is 1.05 bits per heavy atom. The zero-order chi connectivity index (χ0) is 13.8. The predicted octanol–water partition coefficient (Wildman–Crippen LogP) is 5.75. The molecule has 0 heterocycles. The third-order valence-corrected chi connectivity index (χ3v) is 3.93. The van der Waals surface area contributed by atoms with Gasteiger partial charge in [-0.1, -0.05) is 22.0 Å². The van der Waals surface area contributed by atoms with Crippen molar-refractivity contribution in [2.45, 2.75) is 5.88 Å². The summed E-state index contributed by atoms with van der Waals surface area (Å²) in [6.07, 6.45) is 0. The van der Waals surface area contributed by atoms with Crippen LogP contribution in [0.4, 0.5) is 0 Å². The Morgan fingerprint density at radius 3 is 2.47 bits per heavy atom. The summed E-state index contributed by atoms with van der Waals surface area (Å²) in [6, 6.07) is 11.3. The third kappa shape index (κ3) is 3.65. The van der Waals surface area contributed by atoms with E-state index < -0.39 is 0 Å². The molecule has 5 heteroatoms. The molecule has 0 aliphatic rings. The molecule has 0 atom stereocenters. The van der Waals surface area contributed by atoms with Crippen molar-refractivity contribution in [1.82, 2.24) is 0 Å². The number of rotatable bonds is 4. The standard InChI is InChI=1S/C14H11Br2ClO2/c1-18-11-4-5-13(12(16)7-11)19-14-6-10(15)3-2-9(14)8-17/h2-7H,8H2,1H3. The van der Waals surface area contributed by atoms with Crippen LogP contribution in [0, 0.1) is 0 Å². The second kappa shape index (κ2) is 6.64. The molecule has 0 radical (unpaired) electrons. The number of alkyl halides is 1. The molecule has 0 N–H and O–H groups in total. The van der Waals surface area contributed by atoms with Gasteiger partial charge in [-0.25, -0.2) is 0 Å². The number of ether oxygens (including phenoxy) is 2. The summed E-state index contributed by atoms with van der Waals surface area (Å²) in [6.45, 7) is 0. The molecule has 0 saturated heterocycles. The molecule has 0 saturated carbocycles. The number of hydrogen-bond donors (Lipinski definition) is 0. The lowest BCUT2D eigenvalue weighted by molar-refractivity contribution is 0.412. The molecule has 19 heavy (non-hydrogen) atoms. The molecule has 0 bridgehead atoms. The molecule has 0 amide bonds. The molecule has 2 rings (SSSR count). The lowest BCUT2D eigenvalue weighted by Crippen LogP contribution is -1.91. The smallest absolute Gasteiger partial charge is 0.141 e. The van der Waals surface area contributed by atoms with Crippen LogP contribution in [0.2, 0.25) is 0 Å². The summed E-state index contributed by atoms with van der Waals surface area (Å²) in [7, 11) is 1.63. The predicted molar refractivity (Wildman–Crippen MR) is 84.5 cm³/mol. The number of halogens is 3. The number of methoxy groups -OCH3 is 1. The van der Waals surface area contributed by atoms with E-state index >= 15 is 0 Å². The molecule has 0 aromatic heterocycles. The topological polar surface area (TPSA) is 18.5 Å². The van der Waals surface area contributed by atoms with Gasteiger partial charge in [0.25, 0.3) is 0 Å². The van der Waals surface area contributed by atoms with Gasteiger partial charge in [0.1, 0.15) is 17.2 Å². The van der Waals surface area contributed by atoms with Gasteiger partial charge in [-0.05, 0) is 46.3 Å². The summed E-state index contributed by atoms with van der Waals surface area (Å²) in [5, 5.41) is 0. The molecule has 0 fully saturated rings. The molecule has 2 aromatic rings. The van der Waals surface area contributed by atoms with Gasteiger partial charge in [0.15, 0.2) is 0 Å².